The molecule has 0 saturated carbocycles. The molecule has 0 aliphatic carbocycles. The highest BCUT2D eigenvalue weighted by molar-refractivity contribution is 5.71. The largest absolute Gasteiger partial charge is 0.462 e. The van der Waals surface area contributed by atoms with E-state index in [2.05, 4.69) is 99.8 Å². The first-order chi connectivity index (χ1) is 34.0. The Labute approximate surface area is 426 Å². The number of allylic oxidation sites excluding steroid dienone is 14. The fourth-order valence-electron chi connectivity index (χ4n) is 7.94. The van der Waals surface area contributed by atoms with Gasteiger partial charge in [0.25, 0.3) is 0 Å². The topological polar surface area (TPSA) is 78.9 Å². The second-order valence-electron chi connectivity index (χ2n) is 19.2. The average molecular weight is 962 g/mol. The molecule has 0 unspecified atom stereocenters. The van der Waals surface area contributed by atoms with Gasteiger partial charge in [0.2, 0.25) is 0 Å². The van der Waals surface area contributed by atoms with Crippen molar-refractivity contribution in [2.75, 3.05) is 13.2 Å². The van der Waals surface area contributed by atoms with Crippen LogP contribution in [0.15, 0.2) is 85.1 Å². The van der Waals surface area contributed by atoms with Crippen molar-refractivity contribution < 1.29 is 28.6 Å². The lowest BCUT2D eigenvalue weighted by atomic mass is 10.1. The molecule has 0 fully saturated rings. The van der Waals surface area contributed by atoms with Crippen LogP contribution in [0.25, 0.3) is 0 Å². The number of unbranched alkanes of at least 4 members (excludes halogenated alkanes) is 27. The molecule has 0 amide bonds. The molecule has 0 bridgehead atoms. The molecule has 0 radical (unpaired) electrons. The summed E-state index contributed by atoms with van der Waals surface area (Å²) in [6.45, 7) is 6.54. The SMILES string of the molecule is CCCCC/C=C\C/C=C\C/C=C\C/C=C\C/C=C\CCC(=O)OC[C@H](COC(=O)CCCCCCCCC/C=C\CCCCCCCC)OC(=O)CCCCCCCCC/C=C\CCCCCC. The molecule has 6 nitrogen and oxygen atoms in total. The predicted octanol–water partition coefficient (Wildman–Crippen LogP) is 19.5. The summed E-state index contributed by atoms with van der Waals surface area (Å²) in [5, 5.41) is 0. The van der Waals surface area contributed by atoms with Gasteiger partial charge in [-0.3, -0.25) is 14.4 Å². The fraction of sp³-hybridized carbons (Fsp3) is 0.730. The molecular formula is C63H108O6. The first kappa shape index (κ1) is 65.6. The fourth-order valence-corrected chi connectivity index (χ4v) is 7.94. The van der Waals surface area contributed by atoms with Gasteiger partial charge in [-0.15, -0.1) is 0 Å². The van der Waals surface area contributed by atoms with Gasteiger partial charge >= 0.3 is 17.9 Å². The summed E-state index contributed by atoms with van der Waals surface area (Å²) in [6.07, 6.45) is 74.4. The third-order valence-electron chi connectivity index (χ3n) is 12.4. The van der Waals surface area contributed by atoms with Gasteiger partial charge in [0, 0.05) is 19.3 Å². The van der Waals surface area contributed by atoms with Crippen molar-refractivity contribution in [3.05, 3.63) is 85.1 Å². The van der Waals surface area contributed by atoms with Crippen molar-refractivity contribution in [3.8, 4) is 0 Å². The van der Waals surface area contributed by atoms with Crippen molar-refractivity contribution in [3.63, 3.8) is 0 Å². The standard InChI is InChI=1S/C63H108O6/c1-4-7-10-13-16-19-22-25-28-30-31-33-36-38-41-44-47-50-53-56-62(65)68-59-60(69-63(66)57-54-51-48-45-42-39-34-27-24-21-18-15-12-9-6-3)58-67-61(64)55-52-49-46-43-40-37-35-32-29-26-23-20-17-14-11-8-5-2/h16,19,21,24-26,28-29,31,33,38,41,47,50,60H,4-15,17-18,20,22-23,27,30,32,34-37,39-40,42-46,48-49,51-59H2,1-3H3/b19-16-,24-21-,28-25-,29-26-,33-31-,41-38-,50-47-/t60-/m0/s1. The van der Waals surface area contributed by atoms with Crippen LogP contribution in [0, 0.1) is 0 Å². The van der Waals surface area contributed by atoms with Crippen LogP contribution in [0.1, 0.15) is 278 Å². The lowest BCUT2D eigenvalue weighted by Gasteiger charge is -2.18. The van der Waals surface area contributed by atoms with E-state index in [9.17, 15) is 14.4 Å². The second-order valence-corrected chi connectivity index (χ2v) is 19.2. The van der Waals surface area contributed by atoms with E-state index in [-0.39, 0.29) is 37.5 Å². The van der Waals surface area contributed by atoms with Crippen molar-refractivity contribution in [1.82, 2.24) is 0 Å². The Morgan fingerprint density at radius 2 is 0.551 bits per heavy atom. The van der Waals surface area contributed by atoms with Gasteiger partial charge in [-0.1, -0.05) is 234 Å². The summed E-state index contributed by atoms with van der Waals surface area (Å²) in [7, 11) is 0. The van der Waals surface area contributed by atoms with E-state index in [0.29, 0.717) is 19.3 Å². The van der Waals surface area contributed by atoms with Gasteiger partial charge in [0.1, 0.15) is 13.2 Å². The summed E-state index contributed by atoms with van der Waals surface area (Å²) in [6, 6.07) is 0. The van der Waals surface area contributed by atoms with Crippen LogP contribution < -0.4 is 0 Å². The highest BCUT2D eigenvalue weighted by Crippen LogP contribution is 2.14. The summed E-state index contributed by atoms with van der Waals surface area (Å²) in [5.41, 5.74) is 0. The number of hydrogen-bond donors (Lipinski definition) is 0. The second kappa shape index (κ2) is 57.2. The summed E-state index contributed by atoms with van der Waals surface area (Å²) < 4.78 is 16.8. The van der Waals surface area contributed by atoms with Gasteiger partial charge in [0.05, 0.1) is 0 Å². The van der Waals surface area contributed by atoms with Crippen molar-refractivity contribution >= 4 is 17.9 Å². The zero-order valence-electron chi connectivity index (χ0n) is 45.3. The molecule has 0 N–H and O–H groups in total. The Bertz CT molecular complexity index is 1330. The van der Waals surface area contributed by atoms with Crippen molar-refractivity contribution in [2.24, 2.45) is 0 Å². The van der Waals surface area contributed by atoms with E-state index in [0.717, 1.165) is 64.2 Å². The highest BCUT2D eigenvalue weighted by atomic mass is 16.6. The Kier molecular flexibility index (Phi) is 54.3. The molecular weight excluding hydrogens is 853 g/mol. The highest BCUT2D eigenvalue weighted by Gasteiger charge is 2.19. The smallest absolute Gasteiger partial charge is 0.306 e. The quantitative estimate of drug-likeness (QED) is 0.0262. The summed E-state index contributed by atoms with van der Waals surface area (Å²) in [4.78, 5) is 38.1. The monoisotopic (exact) mass is 961 g/mol. The van der Waals surface area contributed by atoms with Gasteiger partial charge in [-0.05, 0) is 109 Å². The van der Waals surface area contributed by atoms with E-state index < -0.39 is 6.10 Å². The van der Waals surface area contributed by atoms with Gasteiger partial charge < -0.3 is 14.2 Å². The Morgan fingerprint density at radius 3 is 0.957 bits per heavy atom. The molecule has 6 heteroatoms. The maximum Gasteiger partial charge on any atom is 0.306 e. The van der Waals surface area contributed by atoms with Gasteiger partial charge in [-0.2, -0.15) is 0 Å². The van der Waals surface area contributed by atoms with Crippen LogP contribution in [-0.4, -0.2) is 37.2 Å². The van der Waals surface area contributed by atoms with Crippen LogP contribution in [-0.2, 0) is 28.6 Å². The number of carbonyl (C=O) groups excluding carboxylic acids is 3. The normalized spacial score (nSPS) is 12.7. The molecule has 0 aromatic carbocycles. The van der Waals surface area contributed by atoms with Crippen molar-refractivity contribution in [1.29, 1.82) is 0 Å². The molecule has 396 valence electrons. The maximum atomic E-state index is 12.8. The summed E-state index contributed by atoms with van der Waals surface area (Å²) >= 11 is 0. The molecule has 1 atom stereocenters. The minimum atomic E-state index is -0.811. The van der Waals surface area contributed by atoms with Crippen molar-refractivity contribution in [2.45, 2.75) is 284 Å². The first-order valence-electron chi connectivity index (χ1n) is 29.1. The lowest BCUT2D eigenvalue weighted by molar-refractivity contribution is -0.166. The van der Waals surface area contributed by atoms with E-state index in [1.165, 1.54) is 167 Å². The van der Waals surface area contributed by atoms with Crippen LogP contribution in [0.2, 0.25) is 0 Å². The lowest BCUT2D eigenvalue weighted by Crippen LogP contribution is -2.30. The molecule has 69 heavy (non-hydrogen) atoms. The first-order valence-corrected chi connectivity index (χ1v) is 29.1. The molecule has 0 aliphatic heterocycles. The Hall–Kier alpha value is -3.41. The van der Waals surface area contributed by atoms with Crippen LogP contribution >= 0.6 is 0 Å². The average Bonchev–Trinajstić information content (AvgIpc) is 3.35. The predicted molar refractivity (Wildman–Crippen MR) is 297 cm³/mol. The van der Waals surface area contributed by atoms with Gasteiger partial charge in [0.15, 0.2) is 6.10 Å². The Balaban J connectivity index is 4.49. The zero-order chi connectivity index (χ0) is 50.0. The maximum absolute atomic E-state index is 12.8. The number of esters is 3. The van der Waals surface area contributed by atoms with E-state index >= 15 is 0 Å². The van der Waals surface area contributed by atoms with Crippen LogP contribution in [0.3, 0.4) is 0 Å². The number of rotatable bonds is 52. The number of hydrogen-bond acceptors (Lipinski definition) is 6. The van der Waals surface area contributed by atoms with E-state index in [4.69, 9.17) is 14.2 Å². The molecule has 0 aromatic heterocycles. The minimum Gasteiger partial charge on any atom is -0.462 e. The van der Waals surface area contributed by atoms with Gasteiger partial charge in [-0.25, -0.2) is 0 Å². The molecule has 0 rings (SSSR count). The number of carbonyl (C=O) groups is 3. The molecule has 0 saturated heterocycles. The minimum absolute atomic E-state index is 0.103. The van der Waals surface area contributed by atoms with E-state index in [1.54, 1.807) is 0 Å². The van der Waals surface area contributed by atoms with Crippen LogP contribution in [0.4, 0.5) is 0 Å². The zero-order valence-corrected chi connectivity index (χ0v) is 45.3. The molecule has 0 spiro atoms. The molecule has 0 aliphatic rings. The number of ether oxygens (including phenoxy) is 3. The van der Waals surface area contributed by atoms with Crippen LogP contribution in [0.5, 0.6) is 0 Å². The molecule has 0 heterocycles. The Morgan fingerprint density at radius 1 is 0.290 bits per heavy atom. The summed E-state index contributed by atoms with van der Waals surface area (Å²) in [5.74, 6) is -0.992. The third kappa shape index (κ3) is 55.4. The molecule has 0 aromatic rings. The van der Waals surface area contributed by atoms with E-state index in [1.807, 2.05) is 6.08 Å². The third-order valence-corrected chi connectivity index (χ3v) is 12.4.